The number of amides is 1. The van der Waals surface area contributed by atoms with Gasteiger partial charge in [0, 0.05) is 17.1 Å². The second-order valence-corrected chi connectivity index (χ2v) is 9.26. The maximum atomic E-state index is 13.4. The molecule has 1 amide bonds. The number of allylic oxidation sites excluding steroid dienone is 1. The summed E-state index contributed by atoms with van der Waals surface area (Å²) in [5, 5.41) is 43.0. The van der Waals surface area contributed by atoms with Gasteiger partial charge in [-0.3, -0.25) is 19.3 Å². The molecule has 0 spiro atoms. The van der Waals surface area contributed by atoms with E-state index in [0.717, 1.165) is 0 Å². The van der Waals surface area contributed by atoms with Crippen LogP contribution in [-0.2, 0) is 16.0 Å². The predicted octanol–water partition coefficient (Wildman–Crippen LogP) is -0.341. The number of phenolic OH excluding ortho intramolecular Hbond substituents is 1. The minimum Gasteiger partial charge on any atom is -0.508 e. The van der Waals surface area contributed by atoms with Gasteiger partial charge in [0.05, 0.1) is 18.2 Å². The fourth-order valence-electron chi connectivity index (χ4n) is 5.34. The number of ketones is 2. The largest absolute Gasteiger partial charge is 0.508 e. The van der Waals surface area contributed by atoms with E-state index in [4.69, 9.17) is 5.73 Å². The molecule has 1 fully saturated rings. The topological polar surface area (TPSA) is 161 Å². The molecule has 0 aliphatic heterocycles. The number of carbonyl (C=O) groups is 3. The van der Waals surface area contributed by atoms with Gasteiger partial charge in [-0.2, -0.15) is 0 Å². The van der Waals surface area contributed by atoms with Crippen LogP contribution in [0, 0.1) is 29.6 Å². The average molecular weight is 454 g/mol. The minimum atomic E-state index is -2.50. The van der Waals surface area contributed by atoms with Crippen LogP contribution in [0.2, 0.25) is 0 Å². The summed E-state index contributed by atoms with van der Waals surface area (Å²) in [6.07, 6.45) is -1.16. The van der Waals surface area contributed by atoms with Crippen molar-refractivity contribution in [2.75, 3.05) is 20.6 Å². The smallest absolute Gasteiger partial charge is 0.230 e. The number of carbonyl (C=O) groups excluding carboxylic acids is 3. The van der Waals surface area contributed by atoms with Gasteiger partial charge in [0.25, 0.3) is 0 Å². The van der Waals surface area contributed by atoms with E-state index in [1.54, 1.807) is 6.07 Å². The molecule has 1 aromatic rings. The van der Waals surface area contributed by atoms with Crippen molar-refractivity contribution in [1.82, 2.24) is 4.90 Å². The Morgan fingerprint density at radius 3 is 2.58 bits per heavy atom. The molecule has 0 heterocycles. The van der Waals surface area contributed by atoms with Crippen molar-refractivity contribution < 1.29 is 34.8 Å². The predicted molar refractivity (Wildman–Crippen MR) is 116 cm³/mol. The summed E-state index contributed by atoms with van der Waals surface area (Å²) in [6.45, 7) is 0.495. The number of aromatic hydroxyl groups is 1. The number of aliphatic hydroxyl groups is 3. The summed E-state index contributed by atoms with van der Waals surface area (Å²) < 4.78 is 0. The molecule has 0 saturated heterocycles. The van der Waals surface area contributed by atoms with Crippen molar-refractivity contribution >= 4 is 17.5 Å². The van der Waals surface area contributed by atoms with Gasteiger partial charge in [-0.05, 0) is 57.0 Å². The summed E-state index contributed by atoms with van der Waals surface area (Å²) in [7, 11) is 3.74. The lowest BCUT2D eigenvalue weighted by atomic mass is 9.57. The third kappa shape index (κ3) is 3.42. The zero-order valence-electron chi connectivity index (χ0n) is 18.3. The Morgan fingerprint density at radius 2 is 1.94 bits per heavy atom. The molecule has 0 bridgehead atoms. The number of benzene rings is 1. The number of fused-ring (bicyclic) bond motifs is 3. The molecular formula is C24H26N2O7. The first-order valence-electron chi connectivity index (χ1n) is 10.7. The van der Waals surface area contributed by atoms with Crippen LogP contribution in [-0.4, -0.2) is 75.1 Å². The molecule has 9 nitrogen and oxygen atoms in total. The zero-order chi connectivity index (χ0) is 24.2. The third-order valence-electron chi connectivity index (χ3n) is 6.89. The Hall–Kier alpha value is -3.19. The number of phenols is 1. The Morgan fingerprint density at radius 1 is 1.24 bits per heavy atom. The van der Waals surface area contributed by atoms with Gasteiger partial charge in [-0.1, -0.05) is 11.8 Å². The van der Waals surface area contributed by atoms with Crippen molar-refractivity contribution in [2.45, 2.75) is 31.0 Å². The summed E-state index contributed by atoms with van der Waals surface area (Å²) in [6, 6.07) is 2.98. The number of primary amides is 1. The highest BCUT2D eigenvalue weighted by molar-refractivity contribution is 6.15. The van der Waals surface area contributed by atoms with Gasteiger partial charge in [0.1, 0.15) is 17.4 Å². The van der Waals surface area contributed by atoms with Crippen molar-refractivity contribution in [2.24, 2.45) is 23.5 Å². The highest BCUT2D eigenvalue weighted by Crippen LogP contribution is 2.51. The van der Waals surface area contributed by atoms with Crippen molar-refractivity contribution in [1.29, 1.82) is 0 Å². The quantitative estimate of drug-likeness (QED) is 0.299. The van der Waals surface area contributed by atoms with Gasteiger partial charge in [0.2, 0.25) is 5.91 Å². The van der Waals surface area contributed by atoms with Crippen molar-refractivity contribution in [3.8, 4) is 17.6 Å². The number of hydrogen-bond acceptors (Lipinski definition) is 8. The molecule has 9 heteroatoms. The number of aliphatic hydroxyl groups excluding tert-OH is 2. The van der Waals surface area contributed by atoms with Gasteiger partial charge < -0.3 is 26.2 Å². The average Bonchev–Trinajstić information content (AvgIpc) is 2.71. The molecule has 4 rings (SSSR count). The van der Waals surface area contributed by atoms with Crippen LogP contribution >= 0.6 is 0 Å². The number of nitrogens with zero attached hydrogens (tertiary/aromatic N) is 1. The first-order chi connectivity index (χ1) is 15.5. The summed E-state index contributed by atoms with van der Waals surface area (Å²) >= 11 is 0. The summed E-state index contributed by atoms with van der Waals surface area (Å²) in [5.41, 5.74) is 3.67. The van der Waals surface area contributed by atoms with Crippen LogP contribution in [0.5, 0.6) is 5.75 Å². The molecule has 3 aliphatic rings. The van der Waals surface area contributed by atoms with E-state index in [0.29, 0.717) is 17.7 Å². The molecule has 0 radical (unpaired) electrons. The fourth-order valence-corrected chi connectivity index (χ4v) is 5.34. The van der Waals surface area contributed by atoms with Crippen molar-refractivity contribution in [3.63, 3.8) is 0 Å². The number of nitrogens with two attached hydrogens (primary N) is 1. The SMILES string of the molecule is CN(C)CC#Cc1ccc(O)c2c1CC1CC3CC(O)C(C(N)=O)C(=O)[C@@]3(O)C(O)=C1C2=O. The number of rotatable bonds is 2. The maximum Gasteiger partial charge on any atom is 0.230 e. The second kappa shape index (κ2) is 7.99. The molecule has 6 N–H and O–H groups in total. The molecule has 1 aromatic carbocycles. The van der Waals surface area contributed by atoms with Crippen LogP contribution in [0.4, 0.5) is 0 Å². The first kappa shape index (κ1) is 23.0. The highest BCUT2D eigenvalue weighted by Gasteiger charge is 2.62. The van der Waals surface area contributed by atoms with Gasteiger partial charge in [0.15, 0.2) is 17.2 Å². The standard InChI is InChI=1S/C24H26N2O7/c1-26(2)7-3-4-11-5-6-15(27)18-14(11)9-12-8-13-10-16(28)19(23(25)32)22(31)24(13,33)21(30)17(12)20(18)29/h5-6,12-13,16,19,27-28,30,33H,7-10H2,1-2H3,(H2,25,32)/t12?,13?,16?,19?,24-/m0/s1. The molecule has 4 unspecified atom stereocenters. The molecule has 174 valence electrons. The Labute approximate surface area is 190 Å². The van der Waals surface area contributed by atoms with E-state index in [1.807, 2.05) is 19.0 Å². The van der Waals surface area contributed by atoms with E-state index in [9.17, 15) is 34.8 Å². The Bertz CT molecular complexity index is 1160. The summed E-state index contributed by atoms with van der Waals surface area (Å²) in [4.78, 5) is 40.0. The molecule has 5 atom stereocenters. The fraction of sp³-hybridized carbons (Fsp3) is 0.458. The lowest BCUT2D eigenvalue weighted by Crippen LogP contribution is -2.63. The van der Waals surface area contributed by atoms with E-state index < -0.39 is 52.7 Å². The van der Waals surface area contributed by atoms with Crippen LogP contribution in [0.1, 0.15) is 34.3 Å². The third-order valence-corrected chi connectivity index (χ3v) is 6.89. The molecule has 33 heavy (non-hydrogen) atoms. The van der Waals surface area contributed by atoms with E-state index in [1.165, 1.54) is 6.07 Å². The highest BCUT2D eigenvalue weighted by atomic mass is 16.3. The second-order valence-electron chi connectivity index (χ2n) is 9.26. The molecule has 1 saturated carbocycles. The summed E-state index contributed by atoms with van der Waals surface area (Å²) in [5.74, 6) is -1.17. The van der Waals surface area contributed by atoms with E-state index in [-0.39, 0.29) is 36.1 Å². The minimum absolute atomic E-state index is 0.0266. The van der Waals surface area contributed by atoms with Crippen LogP contribution in [0.3, 0.4) is 0 Å². The lowest BCUT2D eigenvalue weighted by molar-refractivity contribution is -0.167. The molecular weight excluding hydrogens is 428 g/mol. The Balaban J connectivity index is 1.84. The van der Waals surface area contributed by atoms with Crippen molar-refractivity contribution in [3.05, 3.63) is 40.2 Å². The Kier molecular flexibility index (Phi) is 5.56. The van der Waals surface area contributed by atoms with Crippen LogP contribution in [0.25, 0.3) is 0 Å². The molecule has 0 aromatic heterocycles. The van der Waals surface area contributed by atoms with Crippen LogP contribution in [0.15, 0.2) is 23.5 Å². The van der Waals surface area contributed by atoms with E-state index in [2.05, 4.69) is 11.8 Å². The number of Topliss-reactive ketones (excluding diaryl/α,β-unsaturated/α-hetero) is 2. The lowest BCUT2D eigenvalue weighted by Gasteiger charge is -2.48. The van der Waals surface area contributed by atoms with Crippen LogP contribution < -0.4 is 5.73 Å². The zero-order valence-corrected chi connectivity index (χ0v) is 18.3. The maximum absolute atomic E-state index is 13.4. The monoisotopic (exact) mass is 454 g/mol. The number of hydrogen-bond donors (Lipinski definition) is 5. The van der Waals surface area contributed by atoms with Gasteiger partial charge >= 0.3 is 0 Å². The first-order valence-corrected chi connectivity index (χ1v) is 10.7. The normalized spacial score (nSPS) is 30.8. The van der Waals surface area contributed by atoms with Gasteiger partial charge in [-0.15, -0.1) is 0 Å². The van der Waals surface area contributed by atoms with Gasteiger partial charge in [-0.25, -0.2) is 0 Å². The van der Waals surface area contributed by atoms with E-state index >= 15 is 0 Å². The molecule has 3 aliphatic carbocycles.